The molecule has 150 valence electrons. The number of amides is 2. The van der Waals surface area contributed by atoms with Crippen LogP contribution in [-0.2, 0) is 9.59 Å². The number of carbonyl (C=O) groups is 2. The third-order valence-corrected chi connectivity index (χ3v) is 5.70. The fraction of sp³-hybridized carbons (Fsp3) is 0.455. The molecule has 1 saturated heterocycles. The maximum absolute atomic E-state index is 12.7. The number of nitrogens with zero attached hydrogens (tertiary/aromatic N) is 1. The molecule has 6 heteroatoms. The molecule has 0 bridgehead atoms. The van der Waals surface area contributed by atoms with Crippen molar-refractivity contribution in [2.75, 3.05) is 13.1 Å². The lowest BCUT2D eigenvalue weighted by molar-refractivity contribution is -0.133. The van der Waals surface area contributed by atoms with Gasteiger partial charge in [0.05, 0.1) is 0 Å². The molecule has 0 radical (unpaired) electrons. The van der Waals surface area contributed by atoms with Crippen molar-refractivity contribution in [2.24, 2.45) is 11.7 Å². The number of hydrogen-bond donors (Lipinski definition) is 3. The molecule has 0 saturated carbocycles. The van der Waals surface area contributed by atoms with Gasteiger partial charge in [0, 0.05) is 32.0 Å². The molecule has 2 aromatic rings. The second-order valence-corrected chi connectivity index (χ2v) is 7.67. The van der Waals surface area contributed by atoms with Crippen LogP contribution >= 0.6 is 0 Å². The van der Waals surface area contributed by atoms with Gasteiger partial charge in [0.15, 0.2) is 0 Å². The van der Waals surface area contributed by atoms with Gasteiger partial charge in [0.1, 0.15) is 0 Å². The van der Waals surface area contributed by atoms with E-state index in [1.807, 2.05) is 23.1 Å². The predicted molar refractivity (Wildman–Crippen MR) is 109 cm³/mol. The summed E-state index contributed by atoms with van der Waals surface area (Å²) in [5.41, 5.74) is 8.97. The summed E-state index contributed by atoms with van der Waals surface area (Å²) in [6, 6.07) is 14.0. The second-order valence-electron chi connectivity index (χ2n) is 7.67. The van der Waals surface area contributed by atoms with Gasteiger partial charge >= 0.3 is 0 Å². The fourth-order valence-electron chi connectivity index (χ4n) is 3.95. The Balaban J connectivity index is 1.46. The quantitative estimate of drug-likeness (QED) is 0.505. The van der Waals surface area contributed by atoms with Gasteiger partial charge < -0.3 is 10.6 Å². The van der Waals surface area contributed by atoms with Crippen LogP contribution in [0, 0.1) is 5.92 Å². The van der Waals surface area contributed by atoms with E-state index in [0.717, 1.165) is 49.7 Å². The van der Waals surface area contributed by atoms with E-state index in [1.54, 1.807) is 5.48 Å². The normalized spacial score (nSPS) is 16.1. The van der Waals surface area contributed by atoms with Gasteiger partial charge in [0.25, 0.3) is 0 Å². The van der Waals surface area contributed by atoms with Crippen molar-refractivity contribution >= 4 is 22.6 Å². The summed E-state index contributed by atoms with van der Waals surface area (Å²) in [7, 11) is 0. The second kappa shape index (κ2) is 9.66. The van der Waals surface area contributed by atoms with Gasteiger partial charge in [0.2, 0.25) is 11.8 Å². The Bertz CT molecular complexity index is 816. The van der Waals surface area contributed by atoms with E-state index < -0.39 is 0 Å². The molecular formula is C22H29N3O3. The summed E-state index contributed by atoms with van der Waals surface area (Å²) in [6.07, 6.45) is 4.29. The van der Waals surface area contributed by atoms with Gasteiger partial charge in [-0.1, -0.05) is 36.4 Å². The zero-order chi connectivity index (χ0) is 19.9. The van der Waals surface area contributed by atoms with E-state index in [1.165, 1.54) is 5.39 Å². The number of benzene rings is 2. The summed E-state index contributed by atoms with van der Waals surface area (Å²) in [5.74, 6) is 0.304. The Labute approximate surface area is 165 Å². The van der Waals surface area contributed by atoms with Crippen molar-refractivity contribution in [2.45, 2.75) is 44.6 Å². The Morgan fingerprint density at radius 2 is 1.86 bits per heavy atom. The molecule has 0 unspecified atom stereocenters. The minimum atomic E-state index is -0.338. The van der Waals surface area contributed by atoms with Crippen molar-refractivity contribution in [3.63, 3.8) is 0 Å². The molecule has 1 heterocycles. The zero-order valence-electron chi connectivity index (χ0n) is 16.1. The summed E-state index contributed by atoms with van der Waals surface area (Å²) in [4.78, 5) is 25.6. The molecule has 1 aliphatic rings. The molecule has 28 heavy (non-hydrogen) atoms. The molecule has 3 rings (SSSR count). The first-order chi connectivity index (χ1) is 13.6. The summed E-state index contributed by atoms with van der Waals surface area (Å²) in [6.45, 7) is 1.50. The number of hydroxylamine groups is 1. The monoisotopic (exact) mass is 383 g/mol. The van der Waals surface area contributed by atoms with E-state index in [0.29, 0.717) is 18.8 Å². The molecular weight excluding hydrogens is 354 g/mol. The lowest BCUT2D eigenvalue weighted by atomic mass is 9.91. The number of nitrogens with one attached hydrogen (secondary N) is 1. The third kappa shape index (κ3) is 5.30. The van der Waals surface area contributed by atoms with E-state index in [9.17, 15) is 9.59 Å². The Kier molecular flexibility index (Phi) is 7.01. The number of likely N-dealkylation sites (tertiary alicyclic amines) is 1. The van der Waals surface area contributed by atoms with Crippen LogP contribution in [0.5, 0.6) is 0 Å². The van der Waals surface area contributed by atoms with E-state index in [4.69, 9.17) is 10.9 Å². The largest absolute Gasteiger partial charge is 0.343 e. The number of nitrogens with two attached hydrogens (primary N) is 1. The summed E-state index contributed by atoms with van der Waals surface area (Å²) in [5, 5.41) is 10.8. The van der Waals surface area contributed by atoms with Crippen LogP contribution in [0.2, 0.25) is 0 Å². The average molecular weight is 383 g/mol. The Morgan fingerprint density at radius 3 is 2.57 bits per heavy atom. The van der Waals surface area contributed by atoms with Crippen LogP contribution in [0.3, 0.4) is 0 Å². The van der Waals surface area contributed by atoms with Crippen LogP contribution in [0.1, 0.15) is 50.1 Å². The van der Waals surface area contributed by atoms with Crippen LogP contribution in [-0.4, -0.2) is 35.0 Å². The van der Waals surface area contributed by atoms with Gasteiger partial charge in [-0.25, -0.2) is 5.48 Å². The highest BCUT2D eigenvalue weighted by Crippen LogP contribution is 2.25. The summed E-state index contributed by atoms with van der Waals surface area (Å²) >= 11 is 0. The zero-order valence-corrected chi connectivity index (χ0v) is 16.1. The van der Waals surface area contributed by atoms with Crippen molar-refractivity contribution < 1.29 is 14.8 Å². The standard InChI is InChI=1S/C22H29N3O3/c23-20(19-9-8-17-5-1-2-6-18(17)14-19)15-22(27)25-12-10-16(11-13-25)4-3-7-21(26)24-28/h1-2,5-6,8-9,14,16,20,28H,3-4,7,10-13,15,23H2,(H,24,26)/t20-/m0/s1. The highest BCUT2D eigenvalue weighted by atomic mass is 16.5. The maximum atomic E-state index is 12.7. The topological polar surface area (TPSA) is 95.7 Å². The molecule has 0 aromatic heterocycles. The molecule has 0 aliphatic carbocycles. The van der Waals surface area contributed by atoms with E-state index >= 15 is 0 Å². The molecule has 6 nitrogen and oxygen atoms in total. The molecule has 4 N–H and O–H groups in total. The predicted octanol–water partition coefficient (Wildman–Crippen LogP) is 3.14. The van der Waals surface area contributed by atoms with Crippen molar-refractivity contribution in [1.82, 2.24) is 10.4 Å². The van der Waals surface area contributed by atoms with Gasteiger partial charge in [-0.2, -0.15) is 0 Å². The first kappa shape index (κ1) is 20.3. The first-order valence-corrected chi connectivity index (χ1v) is 10.0. The maximum Gasteiger partial charge on any atom is 0.243 e. The van der Waals surface area contributed by atoms with Crippen LogP contribution in [0.15, 0.2) is 42.5 Å². The lowest BCUT2D eigenvalue weighted by Crippen LogP contribution is -2.39. The minimum absolute atomic E-state index is 0.110. The molecule has 2 aromatic carbocycles. The third-order valence-electron chi connectivity index (χ3n) is 5.70. The van der Waals surface area contributed by atoms with Crippen molar-refractivity contribution in [1.29, 1.82) is 0 Å². The minimum Gasteiger partial charge on any atom is -0.343 e. The molecule has 2 amide bonds. The number of fused-ring (bicyclic) bond motifs is 1. The molecule has 1 aliphatic heterocycles. The van der Waals surface area contributed by atoms with Crippen molar-refractivity contribution in [3.8, 4) is 0 Å². The molecule has 0 spiro atoms. The fourth-order valence-corrected chi connectivity index (χ4v) is 3.95. The lowest BCUT2D eigenvalue weighted by Gasteiger charge is -2.32. The van der Waals surface area contributed by atoms with Crippen LogP contribution in [0.25, 0.3) is 10.8 Å². The van der Waals surface area contributed by atoms with Crippen LogP contribution in [0.4, 0.5) is 0 Å². The number of carbonyl (C=O) groups excluding carboxylic acids is 2. The van der Waals surface area contributed by atoms with Gasteiger partial charge in [-0.3, -0.25) is 14.8 Å². The number of rotatable bonds is 7. The van der Waals surface area contributed by atoms with Gasteiger partial charge in [-0.05, 0) is 54.0 Å². The molecule has 1 atom stereocenters. The summed E-state index contributed by atoms with van der Waals surface area (Å²) < 4.78 is 0. The highest BCUT2D eigenvalue weighted by molar-refractivity contribution is 5.83. The Morgan fingerprint density at radius 1 is 1.14 bits per heavy atom. The van der Waals surface area contributed by atoms with Gasteiger partial charge in [-0.15, -0.1) is 0 Å². The van der Waals surface area contributed by atoms with Crippen molar-refractivity contribution in [3.05, 3.63) is 48.0 Å². The number of piperidine rings is 1. The first-order valence-electron chi connectivity index (χ1n) is 10.0. The average Bonchev–Trinajstić information content (AvgIpc) is 2.73. The SMILES string of the molecule is N[C@@H](CC(=O)N1CCC(CCCC(=O)NO)CC1)c1ccc2ccccc2c1. The molecule has 1 fully saturated rings. The highest BCUT2D eigenvalue weighted by Gasteiger charge is 2.24. The smallest absolute Gasteiger partial charge is 0.243 e. The number of hydrogen-bond acceptors (Lipinski definition) is 4. The van der Waals surface area contributed by atoms with E-state index in [2.05, 4.69) is 24.3 Å². The van der Waals surface area contributed by atoms with E-state index in [-0.39, 0.29) is 17.9 Å². The Hall–Kier alpha value is -2.44. The van der Waals surface area contributed by atoms with Crippen LogP contribution < -0.4 is 11.2 Å².